The van der Waals surface area contributed by atoms with Gasteiger partial charge in [0.25, 0.3) is 0 Å². The van der Waals surface area contributed by atoms with E-state index < -0.39 is 0 Å². The maximum absolute atomic E-state index is 13.4. The Labute approximate surface area is 207 Å². The Balaban J connectivity index is 1.91. The second-order valence-electron chi connectivity index (χ2n) is 9.43. The van der Waals surface area contributed by atoms with Crippen molar-refractivity contribution in [3.05, 3.63) is 45.6 Å². The Morgan fingerprint density at radius 2 is 1.63 bits per heavy atom. The van der Waals surface area contributed by atoms with Gasteiger partial charge in [0.15, 0.2) is 11.5 Å². The van der Waals surface area contributed by atoms with Gasteiger partial charge in [-0.15, -0.1) is 0 Å². The second kappa shape index (κ2) is 11.0. The maximum atomic E-state index is 13.4. The number of carbonyl (C=O) groups is 1. The fourth-order valence-corrected chi connectivity index (χ4v) is 5.47. The summed E-state index contributed by atoms with van der Waals surface area (Å²) >= 11 is 0. The van der Waals surface area contributed by atoms with Crippen LogP contribution < -0.4 is 30.3 Å². The van der Waals surface area contributed by atoms with Crippen LogP contribution in [0, 0.1) is 0 Å². The average molecular weight is 481 g/mol. The summed E-state index contributed by atoms with van der Waals surface area (Å²) in [6.45, 7) is 1.50. The molecule has 7 nitrogen and oxygen atoms in total. The molecule has 2 aliphatic rings. The van der Waals surface area contributed by atoms with Crippen LogP contribution in [0.15, 0.2) is 29.1 Å². The molecule has 0 spiro atoms. The number of benzene rings is 1. The van der Waals surface area contributed by atoms with Crippen LogP contribution in [0.5, 0.6) is 17.2 Å². The predicted octanol–water partition coefficient (Wildman–Crippen LogP) is 5.00. The molecule has 4 rings (SSSR count). The molecule has 188 valence electrons. The fraction of sp³-hybridized carbons (Fsp3) is 0.500. The van der Waals surface area contributed by atoms with Crippen molar-refractivity contribution < 1.29 is 19.0 Å². The van der Waals surface area contributed by atoms with Crippen molar-refractivity contribution >= 4 is 11.6 Å². The predicted molar refractivity (Wildman–Crippen MR) is 138 cm³/mol. The van der Waals surface area contributed by atoms with Crippen molar-refractivity contribution in [3.8, 4) is 28.4 Å². The second-order valence-corrected chi connectivity index (χ2v) is 9.43. The van der Waals surface area contributed by atoms with Crippen LogP contribution in [-0.4, -0.2) is 33.3 Å². The van der Waals surface area contributed by atoms with Gasteiger partial charge in [0.2, 0.25) is 17.1 Å². The molecule has 0 radical (unpaired) electrons. The first-order valence-electron chi connectivity index (χ1n) is 12.5. The van der Waals surface area contributed by atoms with E-state index in [0.717, 1.165) is 35.1 Å². The van der Waals surface area contributed by atoms with E-state index in [-0.39, 0.29) is 17.4 Å². The molecule has 35 heavy (non-hydrogen) atoms. The van der Waals surface area contributed by atoms with E-state index in [1.54, 1.807) is 27.4 Å². The third-order valence-corrected chi connectivity index (χ3v) is 7.13. The Kier molecular flexibility index (Phi) is 7.83. The lowest BCUT2D eigenvalue weighted by atomic mass is 9.95. The zero-order valence-corrected chi connectivity index (χ0v) is 21.2. The van der Waals surface area contributed by atoms with Crippen LogP contribution in [0.25, 0.3) is 11.1 Å². The summed E-state index contributed by atoms with van der Waals surface area (Å²) in [6.07, 6.45) is 8.32. The highest BCUT2D eigenvalue weighted by atomic mass is 16.5. The molecule has 7 heteroatoms. The summed E-state index contributed by atoms with van der Waals surface area (Å²) in [5.74, 6) is 1.51. The van der Waals surface area contributed by atoms with Gasteiger partial charge in [0.1, 0.15) is 0 Å². The quantitative estimate of drug-likeness (QED) is 0.566. The lowest BCUT2D eigenvalue weighted by molar-refractivity contribution is -0.119. The van der Waals surface area contributed by atoms with E-state index in [1.165, 1.54) is 32.6 Å². The first-order valence-corrected chi connectivity index (χ1v) is 12.5. The van der Waals surface area contributed by atoms with Crippen LogP contribution in [0.1, 0.15) is 69.0 Å². The molecule has 1 atom stereocenters. The van der Waals surface area contributed by atoms with Crippen molar-refractivity contribution in [3.63, 3.8) is 0 Å². The summed E-state index contributed by atoms with van der Waals surface area (Å²) in [7, 11) is 4.79. The highest BCUT2D eigenvalue weighted by Gasteiger charge is 2.29. The third kappa shape index (κ3) is 5.24. The van der Waals surface area contributed by atoms with E-state index >= 15 is 0 Å². The van der Waals surface area contributed by atoms with Gasteiger partial charge in [-0.2, -0.15) is 0 Å². The number of rotatable bonds is 6. The molecule has 1 unspecified atom stereocenters. The molecule has 2 aromatic rings. The number of methoxy groups -OCH3 is 3. The van der Waals surface area contributed by atoms with Crippen molar-refractivity contribution in [2.45, 2.75) is 70.4 Å². The van der Waals surface area contributed by atoms with Crippen molar-refractivity contribution in [2.24, 2.45) is 0 Å². The zero-order chi connectivity index (χ0) is 24.9. The number of nitrogens with one attached hydrogen (secondary N) is 2. The van der Waals surface area contributed by atoms with E-state index in [0.29, 0.717) is 41.8 Å². The minimum atomic E-state index is -0.303. The summed E-state index contributed by atoms with van der Waals surface area (Å²) in [4.78, 5) is 25.5. The molecular weight excluding hydrogens is 444 g/mol. The van der Waals surface area contributed by atoms with E-state index in [1.807, 2.05) is 18.2 Å². The molecule has 1 amide bonds. The molecule has 1 fully saturated rings. The summed E-state index contributed by atoms with van der Waals surface area (Å²) in [6, 6.07) is 7.49. The Morgan fingerprint density at radius 3 is 2.26 bits per heavy atom. The average Bonchev–Trinajstić information content (AvgIpc) is 3.25. The van der Waals surface area contributed by atoms with Crippen molar-refractivity contribution in [1.29, 1.82) is 0 Å². The van der Waals surface area contributed by atoms with Gasteiger partial charge in [0.05, 0.1) is 33.1 Å². The molecular formula is C28H36N2O5. The van der Waals surface area contributed by atoms with Crippen LogP contribution >= 0.6 is 0 Å². The van der Waals surface area contributed by atoms with E-state index in [4.69, 9.17) is 14.2 Å². The molecule has 0 aliphatic heterocycles. The number of anilines is 1. The number of fused-ring (bicyclic) bond motifs is 3. The molecule has 2 aliphatic carbocycles. The van der Waals surface area contributed by atoms with Crippen LogP contribution in [0.2, 0.25) is 0 Å². The number of aryl methyl sites for hydroxylation is 1. The molecule has 0 bridgehead atoms. The Morgan fingerprint density at radius 1 is 0.914 bits per heavy atom. The van der Waals surface area contributed by atoms with Gasteiger partial charge >= 0.3 is 0 Å². The smallest absolute Gasteiger partial charge is 0.217 e. The summed E-state index contributed by atoms with van der Waals surface area (Å²) in [5.41, 5.74) is 4.03. The minimum Gasteiger partial charge on any atom is -0.493 e. The molecule has 0 aromatic heterocycles. The third-order valence-electron chi connectivity index (χ3n) is 7.13. The highest BCUT2D eigenvalue weighted by Crippen LogP contribution is 2.50. The number of hydrogen-bond donors (Lipinski definition) is 2. The van der Waals surface area contributed by atoms with E-state index in [9.17, 15) is 9.59 Å². The molecule has 0 saturated heterocycles. The highest BCUT2D eigenvalue weighted by molar-refractivity contribution is 5.83. The SMILES string of the molecule is COc1cc2c(c(OC)c1OC)-c1ccc(NC3CCCCCC3)c(=O)cc1C(NC(C)=O)CC2. The molecule has 0 heterocycles. The van der Waals surface area contributed by atoms with Gasteiger partial charge in [-0.25, -0.2) is 0 Å². The number of amides is 1. The Hall–Kier alpha value is -3.22. The molecule has 2 aromatic carbocycles. The summed E-state index contributed by atoms with van der Waals surface area (Å²) in [5, 5.41) is 6.58. The van der Waals surface area contributed by atoms with Gasteiger partial charge in [-0.3, -0.25) is 9.59 Å². The number of ether oxygens (including phenoxy) is 3. The van der Waals surface area contributed by atoms with Gasteiger partial charge in [-0.1, -0.05) is 31.7 Å². The standard InChI is InChI=1S/C28H36N2O5/c1-17(31)29-22-13-11-18-15-25(33-2)27(34-3)28(35-4)26(18)20-12-14-23(24(32)16-21(20)22)30-19-9-7-5-6-8-10-19/h12,14-16,19,22H,5-11,13H2,1-4H3,(H,29,31)(H,30,32). The topological polar surface area (TPSA) is 85.9 Å². The first kappa shape index (κ1) is 24.9. The molecule has 2 N–H and O–H groups in total. The van der Waals surface area contributed by atoms with Gasteiger partial charge < -0.3 is 24.8 Å². The van der Waals surface area contributed by atoms with Crippen molar-refractivity contribution in [1.82, 2.24) is 5.32 Å². The normalized spacial score (nSPS) is 17.8. The van der Waals surface area contributed by atoms with Crippen LogP contribution in [-0.2, 0) is 11.2 Å². The zero-order valence-electron chi connectivity index (χ0n) is 21.2. The number of hydrogen-bond acceptors (Lipinski definition) is 6. The van der Waals surface area contributed by atoms with Crippen LogP contribution in [0.4, 0.5) is 5.69 Å². The largest absolute Gasteiger partial charge is 0.493 e. The maximum Gasteiger partial charge on any atom is 0.217 e. The van der Waals surface area contributed by atoms with Crippen molar-refractivity contribution in [2.75, 3.05) is 26.6 Å². The fourth-order valence-electron chi connectivity index (χ4n) is 5.47. The minimum absolute atomic E-state index is 0.0752. The number of carbonyl (C=O) groups excluding carboxylic acids is 1. The van der Waals surface area contributed by atoms with Gasteiger partial charge in [0, 0.05) is 18.5 Å². The monoisotopic (exact) mass is 480 g/mol. The summed E-state index contributed by atoms with van der Waals surface area (Å²) < 4.78 is 17.1. The van der Waals surface area contributed by atoms with E-state index in [2.05, 4.69) is 10.6 Å². The first-order chi connectivity index (χ1) is 17.0. The Bertz CT molecular complexity index is 1140. The van der Waals surface area contributed by atoms with Gasteiger partial charge in [-0.05, 0) is 60.6 Å². The lowest BCUT2D eigenvalue weighted by Crippen LogP contribution is -2.27. The lowest BCUT2D eigenvalue weighted by Gasteiger charge is -2.19. The van der Waals surface area contributed by atoms with Crippen LogP contribution in [0.3, 0.4) is 0 Å². The molecule has 1 saturated carbocycles.